The largest absolute Gasteiger partial charge is 0.460 e. The van der Waals surface area contributed by atoms with Crippen LogP contribution >= 0.6 is 15.9 Å². The van der Waals surface area contributed by atoms with Gasteiger partial charge in [0.1, 0.15) is 5.60 Å². The molecule has 0 bridgehead atoms. The van der Waals surface area contributed by atoms with Crippen LogP contribution in [0.25, 0.3) is 0 Å². The summed E-state index contributed by atoms with van der Waals surface area (Å²) in [6.07, 6.45) is 0.366. The van der Waals surface area contributed by atoms with Gasteiger partial charge in [-0.25, -0.2) is 0 Å². The van der Waals surface area contributed by atoms with E-state index in [1.54, 1.807) is 0 Å². The van der Waals surface area contributed by atoms with Crippen LogP contribution in [0, 0.1) is 13.8 Å². The van der Waals surface area contributed by atoms with Crippen LogP contribution in [0.3, 0.4) is 0 Å². The van der Waals surface area contributed by atoms with Crippen molar-refractivity contribution in [2.45, 2.75) is 46.6 Å². The number of halogens is 1. The first-order valence-corrected chi connectivity index (χ1v) is 7.21. The zero-order valence-corrected chi connectivity index (χ0v) is 13.8. The van der Waals surface area contributed by atoms with Gasteiger partial charge in [-0.05, 0) is 57.9 Å². The van der Waals surface area contributed by atoms with Crippen molar-refractivity contribution in [2.24, 2.45) is 0 Å². The zero-order chi connectivity index (χ0) is 14.6. The number of hydrogen-bond donors (Lipinski definition) is 1. The number of benzene rings is 1. The maximum absolute atomic E-state index is 11.6. The van der Waals surface area contributed by atoms with E-state index in [2.05, 4.69) is 47.2 Å². The fourth-order valence-corrected chi connectivity index (χ4v) is 1.98. The molecule has 19 heavy (non-hydrogen) atoms. The van der Waals surface area contributed by atoms with E-state index < -0.39 is 5.60 Å². The lowest BCUT2D eigenvalue weighted by molar-refractivity contribution is -0.154. The summed E-state index contributed by atoms with van der Waals surface area (Å²) in [6.45, 7) is 10.3. The highest BCUT2D eigenvalue weighted by molar-refractivity contribution is 9.10. The van der Waals surface area contributed by atoms with Crippen LogP contribution in [-0.4, -0.2) is 18.1 Å². The van der Waals surface area contributed by atoms with E-state index in [1.165, 1.54) is 11.1 Å². The Kier molecular flexibility index (Phi) is 5.41. The van der Waals surface area contributed by atoms with E-state index in [-0.39, 0.29) is 5.97 Å². The molecule has 1 aromatic carbocycles. The monoisotopic (exact) mass is 327 g/mol. The Morgan fingerprint density at radius 1 is 1.26 bits per heavy atom. The number of anilines is 1. The maximum atomic E-state index is 11.6. The average molecular weight is 328 g/mol. The van der Waals surface area contributed by atoms with Crippen LogP contribution in [0.5, 0.6) is 0 Å². The summed E-state index contributed by atoms with van der Waals surface area (Å²) in [5.41, 5.74) is 2.98. The molecular weight excluding hydrogens is 306 g/mol. The lowest BCUT2D eigenvalue weighted by Gasteiger charge is -2.19. The molecule has 0 fully saturated rings. The molecule has 1 N–H and O–H groups in total. The summed E-state index contributed by atoms with van der Waals surface area (Å²) in [6, 6.07) is 4.12. The minimum atomic E-state index is -0.415. The molecule has 0 unspecified atom stereocenters. The van der Waals surface area contributed by atoms with Crippen molar-refractivity contribution in [1.29, 1.82) is 0 Å². The summed E-state index contributed by atoms with van der Waals surface area (Å²) in [5, 5.41) is 3.25. The van der Waals surface area contributed by atoms with Gasteiger partial charge < -0.3 is 10.1 Å². The highest BCUT2D eigenvalue weighted by Gasteiger charge is 2.15. The minimum Gasteiger partial charge on any atom is -0.460 e. The number of nitrogens with one attached hydrogen (secondary N) is 1. The summed E-state index contributed by atoms with van der Waals surface area (Å²) in [4.78, 5) is 11.6. The quantitative estimate of drug-likeness (QED) is 0.842. The van der Waals surface area contributed by atoms with Crippen molar-refractivity contribution in [3.05, 3.63) is 27.7 Å². The highest BCUT2D eigenvalue weighted by Crippen LogP contribution is 2.24. The lowest BCUT2D eigenvalue weighted by atomic mass is 10.1. The third-order valence-corrected chi connectivity index (χ3v) is 3.77. The fourth-order valence-electron chi connectivity index (χ4n) is 1.75. The standard InChI is InChI=1S/C15H22BrNO2/c1-10-8-12(9-11(2)14(10)16)17-7-6-13(18)19-15(3,4)5/h8-9,17H,6-7H2,1-5H3. The zero-order valence-electron chi connectivity index (χ0n) is 12.3. The molecule has 0 aliphatic rings. The van der Waals surface area contributed by atoms with Crippen molar-refractivity contribution in [2.75, 3.05) is 11.9 Å². The molecule has 0 atom stereocenters. The second kappa shape index (κ2) is 6.42. The predicted octanol–water partition coefficient (Wildman–Crippen LogP) is 4.21. The predicted molar refractivity (Wildman–Crippen MR) is 82.6 cm³/mol. The summed E-state index contributed by atoms with van der Waals surface area (Å²) in [5.74, 6) is -0.175. The van der Waals surface area contributed by atoms with Crippen LogP contribution in [0.4, 0.5) is 5.69 Å². The Labute approximate surface area is 123 Å². The van der Waals surface area contributed by atoms with Crippen molar-refractivity contribution in [1.82, 2.24) is 0 Å². The molecule has 4 heteroatoms. The van der Waals surface area contributed by atoms with Gasteiger partial charge >= 0.3 is 5.97 Å². The second-order valence-corrected chi connectivity index (χ2v) is 6.48. The van der Waals surface area contributed by atoms with Crippen molar-refractivity contribution in [3.63, 3.8) is 0 Å². The van der Waals surface area contributed by atoms with Crippen LogP contribution in [-0.2, 0) is 9.53 Å². The Bertz CT molecular complexity index is 441. The molecule has 0 saturated carbocycles. The minimum absolute atomic E-state index is 0.175. The van der Waals surface area contributed by atoms with Gasteiger partial charge in [0.05, 0.1) is 6.42 Å². The van der Waals surface area contributed by atoms with Gasteiger partial charge in [0.25, 0.3) is 0 Å². The van der Waals surface area contributed by atoms with E-state index in [0.717, 1.165) is 10.2 Å². The number of aryl methyl sites for hydroxylation is 2. The van der Waals surface area contributed by atoms with Crippen molar-refractivity contribution < 1.29 is 9.53 Å². The molecule has 106 valence electrons. The number of hydrogen-bond acceptors (Lipinski definition) is 3. The smallest absolute Gasteiger partial charge is 0.308 e. The Balaban J connectivity index is 2.48. The first kappa shape index (κ1) is 16.0. The lowest BCUT2D eigenvalue weighted by Crippen LogP contribution is -2.25. The molecule has 1 rings (SSSR count). The van der Waals surface area contributed by atoms with E-state index in [1.807, 2.05) is 20.8 Å². The molecule has 0 aromatic heterocycles. The molecule has 0 heterocycles. The number of rotatable bonds is 4. The van der Waals surface area contributed by atoms with E-state index >= 15 is 0 Å². The van der Waals surface area contributed by atoms with E-state index in [4.69, 9.17) is 4.74 Å². The summed E-state index contributed by atoms with van der Waals surface area (Å²) < 4.78 is 6.39. The molecule has 0 amide bonds. The second-order valence-electron chi connectivity index (χ2n) is 5.69. The maximum Gasteiger partial charge on any atom is 0.308 e. The summed E-state index contributed by atoms with van der Waals surface area (Å²) in [7, 11) is 0. The van der Waals surface area contributed by atoms with E-state index in [0.29, 0.717) is 13.0 Å². The topological polar surface area (TPSA) is 38.3 Å². The van der Waals surface area contributed by atoms with Gasteiger partial charge in [-0.15, -0.1) is 0 Å². The van der Waals surface area contributed by atoms with Gasteiger partial charge in [0, 0.05) is 16.7 Å². The molecule has 3 nitrogen and oxygen atoms in total. The Hall–Kier alpha value is -1.03. The normalized spacial score (nSPS) is 11.3. The number of ether oxygens (including phenoxy) is 1. The molecule has 0 spiro atoms. The SMILES string of the molecule is Cc1cc(NCCC(=O)OC(C)(C)C)cc(C)c1Br. The number of carbonyl (C=O) groups is 1. The fraction of sp³-hybridized carbons (Fsp3) is 0.533. The average Bonchev–Trinajstić information content (AvgIpc) is 2.23. The third kappa shape index (κ3) is 5.64. The van der Waals surface area contributed by atoms with Crippen LogP contribution in [0.2, 0.25) is 0 Å². The highest BCUT2D eigenvalue weighted by atomic mass is 79.9. The van der Waals surface area contributed by atoms with E-state index in [9.17, 15) is 4.79 Å². The molecular formula is C15H22BrNO2. The Morgan fingerprint density at radius 3 is 2.26 bits per heavy atom. The third-order valence-electron chi connectivity index (χ3n) is 2.51. The Morgan fingerprint density at radius 2 is 1.79 bits per heavy atom. The molecule has 0 aliphatic carbocycles. The van der Waals surface area contributed by atoms with Gasteiger partial charge in [-0.1, -0.05) is 15.9 Å². The molecule has 0 radical (unpaired) electrons. The van der Waals surface area contributed by atoms with Gasteiger partial charge in [-0.3, -0.25) is 4.79 Å². The number of esters is 1. The number of carbonyl (C=O) groups excluding carboxylic acids is 1. The van der Waals surface area contributed by atoms with Crippen molar-refractivity contribution >= 4 is 27.6 Å². The van der Waals surface area contributed by atoms with Gasteiger partial charge in [-0.2, -0.15) is 0 Å². The first-order chi connectivity index (χ1) is 8.69. The van der Waals surface area contributed by atoms with Gasteiger partial charge in [0.15, 0.2) is 0 Å². The molecule has 0 saturated heterocycles. The molecule has 1 aromatic rings. The van der Waals surface area contributed by atoms with Crippen molar-refractivity contribution in [3.8, 4) is 0 Å². The summed E-state index contributed by atoms with van der Waals surface area (Å²) >= 11 is 3.54. The van der Waals surface area contributed by atoms with Crippen LogP contribution in [0.1, 0.15) is 38.3 Å². The first-order valence-electron chi connectivity index (χ1n) is 6.41. The van der Waals surface area contributed by atoms with Gasteiger partial charge in [0.2, 0.25) is 0 Å². The van der Waals surface area contributed by atoms with Crippen LogP contribution < -0.4 is 5.32 Å². The van der Waals surface area contributed by atoms with Crippen LogP contribution in [0.15, 0.2) is 16.6 Å². The molecule has 0 aliphatic heterocycles.